The molecule has 2 rings (SSSR count). The first-order valence-corrected chi connectivity index (χ1v) is 7.72. The lowest BCUT2D eigenvalue weighted by molar-refractivity contribution is -0.168. The molecule has 1 aromatic rings. The van der Waals surface area contributed by atoms with E-state index in [1.807, 2.05) is 0 Å². The lowest BCUT2D eigenvalue weighted by Gasteiger charge is -2.11. The third-order valence-electron chi connectivity index (χ3n) is 3.98. The van der Waals surface area contributed by atoms with E-state index in [-0.39, 0.29) is 6.61 Å². The molecule has 0 aliphatic heterocycles. The second-order valence-electron chi connectivity index (χ2n) is 5.43. The predicted octanol–water partition coefficient (Wildman–Crippen LogP) is 0.622. The molecule has 0 radical (unpaired) electrons. The smallest absolute Gasteiger partial charge is 0.417 e. The number of hydrogen-bond acceptors (Lipinski definition) is 8. The van der Waals surface area contributed by atoms with Crippen LogP contribution in [0.3, 0.4) is 0 Å². The summed E-state index contributed by atoms with van der Waals surface area (Å²) in [5.41, 5.74) is 0.525. The van der Waals surface area contributed by atoms with Crippen LogP contribution < -0.4 is 4.74 Å². The second-order valence-corrected chi connectivity index (χ2v) is 5.43. The van der Waals surface area contributed by atoms with Gasteiger partial charge in [0.1, 0.15) is 17.8 Å². The van der Waals surface area contributed by atoms with Crippen LogP contribution in [-0.2, 0) is 28.6 Å². The molecular formula is C17H20O8. The number of benzene rings is 1. The molecule has 1 fully saturated rings. The van der Waals surface area contributed by atoms with Gasteiger partial charge in [0.15, 0.2) is 0 Å². The number of ether oxygens (including phenoxy) is 4. The minimum atomic E-state index is -1.22. The van der Waals surface area contributed by atoms with Crippen LogP contribution in [-0.4, -0.2) is 49.9 Å². The Kier molecular flexibility index (Phi) is 5.97. The van der Waals surface area contributed by atoms with Gasteiger partial charge in [0.2, 0.25) is 0 Å². The maximum atomic E-state index is 12.0. The Bertz CT molecular complexity index is 639. The number of methoxy groups -OCH3 is 2. The van der Waals surface area contributed by atoms with E-state index in [1.54, 1.807) is 31.2 Å². The van der Waals surface area contributed by atoms with E-state index in [2.05, 4.69) is 4.74 Å². The number of aliphatic hydroxyl groups is 1. The maximum absolute atomic E-state index is 12.0. The Hall–Kier alpha value is -2.61. The summed E-state index contributed by atoms with van der Waals surface area (Å²) in [6.07, 6.45) is -2.03. The largest absolute Gasteiger partial charge is 0.497 e. The van der Waals surface area contributed by atoms with Crippen molar-refractivity contribution in [2.45, 2.75) is 19.1 Å². The number of carbonyl (C=O) groups excluding carboxylic acids is 3. The third-order valence-corrected chi connectivity index (χ3v) is 3.98. The van der Waals surface area contributed by atoms with E-state index in [9.17, 15) is 19.5 Å². The quantitative estimate of drug-likeness (QED) is 0.451. The number of aliphatic hydroxyl groups excluding tert-OH is 1. The van der Waals surface area contributed by atoms with Crippen LogP contribution in [0.2, 0.25) is 0 Å². The van der Waals surface area contributed by atoms with Crippen molar-refractivity contribution in [3.8, 4) is 5.75 Å². The Morgan fingerprint density at radius 3 is 2.28 bits per heavy atom. The van der Waals surface area contributed by atoms with E-state index in [0.29, 0.717) is 11.3 Å². The summed E-state index contributed by atoms with van der Waals surface area (Å²) >= 11 is 0. The molecule has 1 aromatic carbocycles. The number of rotatable bonds is 6. The van der Waals surface area contributed by atoms with Crippen LogP contribution in [0.5, 0.6) is 5.75 Å². The molecule has 0 bridgehead atoms. The maximum Gasteiger partial charge on any atom is 0.417 e. The normalized spacial score (nSPS) is 22.5. The van der Waals surface area contributed by atoms with Crippen LogP contribution in [0.1, 0.15) is 18.6 Å². The van der Waals surface area contributed by atoms with Gasteiger partial charge in [0.25, 0.3) is 0 Å². The van der Waals surface area contributed by atoms with Crippen molar-refractivity contribution in [3.63, 3.8) is 0 Å². The summed E-state index contributed by atoms with van der Waals surface area (Å²) in [7, 11) is 2.56. The fourth-order valence-corrected chi connectivity index (χ4v) is 2.64. The van der Waals surface area contributed by atoms with Gasteiger partial charge in [-0.05, 0) is 24.6 Å². The Morgan fingerprint density at radius 2 is 1.76 bits per heavy atom. The third kappa shape index (κ3) is 4.08. The Morgan fingerprint density at radius 1 is 1.12 bits per heavy atom. The average molecular weight is 352 g/mol. The molecule has 1 N–H and O–H groups in total. The number of carbonyl (C=O) groups is 3. The van der Waals surface area contributed by atoms with Crippen molar-refractivity contribution in [2.75, 3.05) is 20.8 Å². The highest BCUT2D eigenvalue weighted by atomic mass is 16.6. The van der Waals surface area contributed by atoms with Gasteiger partial charge in [0.05, 0.1) is 26.9 Å². The van der Waals surface area contributed by atoms with Crippen molar-refractivity contribution in [1.29, 1.82) is 0 Å². The van der Waals surface area contributed by atoms with Gasteiger partial charge in [-0.25, -0.2) is 9.59 Å². The molecule has 136 valence electrons. The first-order valence-electron chi connectivity index (χ1n) is 7.72. The Labute approximate surface area is 144 Å². The van der Waals surface area contributed by atoms with Crippen molar-refractivity contribution < 1.29 is 38.4 Å². The highest BCUT2D eigenvalue weighted by Crippen LogP contribution is 2.50. The first-order chi connectivity index (χ1) is 11.9. The molecule has 8 heteroatoms. The van der Waals surface area contributed by atoms with E-state index in [0.717, 1.165) is 7.11 Å². The molecule has 25 heavy (non-hydrogen) atoms. The summed E-state index contributed by atoms with van der Waals surface area (Å²) in [5, 5.41) is 10.5. The minimum absolute atomic E-state index is 0.151. The first kappa shape index (κ1) is 18.7. The van der Waals surface area contributed by atoms with Crippen LogP contribution in [0.25, 0.3) is 0 Å². The minimum Gasteiger partial charge on any atom is -0.497 e. The molecular weight excluding hydrogens is 332 g/mol. The summed E-state index contributed by atoms with van der Waals surface area (Å²) in [6.45, 7) is 1.79. The van der Waals surface area contributed by atoms with Gasteiger partial charge < -0.3 is 24.1 Å². The number of hydrogen-bond donors (Lipinski definition) is 1. The molecule has 8 nitrogen and oxygen atoms in total. The van der Waals surface area contributed by atoms with E-state index < -0.39 is 42.0 Å². The lowest BCUT2D eigenvalue weighted by atomic mass is 10.0. The molecule has 0 spiro atoms. The van der Waals surface area contributed by atoms with E-state index in [4.69, 9.17) is 14.2 Å². The van der Waals surface area contributed by atoms with Crippen molar-refractivity contribution in [1.82, 2.24) is 0 Å². The van der Waals surface area contributed by atoms with E-state index >= 15 is 0 Å². The van der Waals surface area contributed by atoms with E-state index in [1.165, 1.54) is 7.11 Å². The topological polar surface area (TPSA) is 108 Å². The van der Waals surface area contributed by atoms with Gasteiger partial charge in [-0.3, -0.25) is 4.79 Å². The summed E-state index contributed by atoms with van der Waals surface area (Å²) < 4.78 is 19.3. The zero-order valence-electron chi connectivity index (χ0n) is 14.1. The van der Waals surface area contributed by atoms with Gasteiger partial charge in [0, 0.05) is 5.92 Å². The lowest BCUT2D eigenvalue weighted by Crippen LogP contribution is -2.22. The molecule has 1 aliphatic carbocycles. The molecule has 0 saturated heterocycles. The fraction of sp³-hybridized carbons (Fsp3) is 0.471. The van der Waals surface area contributed by atoms with Crippen molar-refractivity contribution in [3.05, 3.63) is 29.8 Å². The molecule has 0 aromatic heterocycles. The molecule has 1 aliphatic rings. The summed E-state index contributed by atoms with van der Waals surface area (Å²) in [4.78, 5) is 34.8. The molecule has 4 atom stereocenters. The SMILES string of the molecule is CCOC(=O)[C@@H]1[C@@H](OC(=O)C(=O)OC)[C@H]1[C@H](O)c1ccc(OC)cc1. The highest BCUT2D eigenvalue weighted by Gasteiger charge is 2.62. The zero-order chi connectivity index (χ0) is 18.6. The van der Waals surface area contributed by atoms with Gasteiger partial charge >= 0.3 is 17.9 Å². The molecule has 0 amide bonds. The standard InChI is InChI=1S/C17H20O8/c1-4-24-15(19)12-11(14(12)25-17(21)16(20)23-3)13(18)9-5-7-10(22-2)8-6-9/h5-8,11-14,18H,4H2,1-3H3/t11-,12+,13-,14+/m1/s1. The average Bonchev–Trinajstić information content (AvgIpc) is 3.34. The van der Waals surface area contributed by atoms with Gasteiger partial charge in [-0.2, -0.15) is 0 Å². The predicted molar refractivity (Wildman–Crippen MR) is 83.5 cm³/mol. The summed E-state index contributed by atoms with van der Waals surface area (Å²) in [5.74, 6) is -3.92. The van der Waals surface area contributed by atoms with Crippen molar-refractivity contribution in [2.24, 2.45) is 11.8 Å². The van der Waals surface area contributed by atoms with Gasteiger partial charge in [-0.1, -0.05) is 12.1 Å². The van der Waals surface area contributed by atoms with Crippen LogP contribution in [0.4, 0.5) is 0 Å². The van der Waals surface area contributed by atoms with Crippen LogP contribution >= 0.6 is 0 Å². The molecule has 0 heterocycles. The van der Waals surface area contributed by atoms with Crippen LogP contribution in [0.15, 0.2) is 24.3 Å². The zero-order valence-corrected chi connectivity index (χ0v) is 14.1. The highest BCUT2D eigenvalue weighted by molar-refractivity contribution is 6.29. The monoisotopic (exact) mass is 352 g/mol. The van der Waals surface area contributed by atoms with Gasteiger partial charge in [-0.15, -0.1) is 0 Å². The molecule has 1 saturated carbocycles. The Balaban J connectivity index is 2.14. The second kappa shape index (κ2) is 7.98. The number of esters is 3. The molecule has 0 unspecified atom stereocenters. The van der Waals surface area contributed by atoms with Crippen LogP contribution in [0, 0.1) is 11.8 Å². The fourth-order valence-electron chi connectivity index (χ4n) is 2.64. The summed E-state index contributed by atoms with van der Waals surface area (Å²) in [6, 6.07) is 6.61. The van der Waals surface area contributed by atoms with Crippen molar-refractivity contribution >= 4 is 17.9 Å².